The lowest BCUT2D eigenvalue weighted by atomic mass is 9.98. The van der Waals surface area contributed by atoms with E-state index in [4.69, 9.17) is 4.74 Å². The first-order valence-electron chi connectivity index (χ1n) is 6.89. The maximum absolute atomic E-state index is 12.0. The van der Waals surface area contributed by atoms with Crippen molar-refractivity contribution < 1.29 is 9.53 Å². The molecule has 2 aliphatic rings. The Morgan fingerprint density at radius 1 is 1.35 bits per heavy atom. The highest BCUT2D eigenvalue weighted by atomic mass is 16.5. The van der Waals surface area contributed by atoms with Crippen molar-refractivity contribution in [3.63, 3.8) is 0 Å². The Bertz CT molecular complexity index is 252. The second kappa shape index (κ2) is 6.36. The van der Waals surface area contributed by atoms with Crippen LogP contribution in [0.15, 0.2) is 0 Å². The van der Waals surface area contributed by atoms with Crippen LogP contribution in [-0.2, 0) is 9.53 Å². The summed E-state index contributed by atoms with van der Waals surface area (Å²) < 4.78 is 5.73. The topological polar surface area (TPSA) is 41.6 Å². The maximum atomic E-state index is 12.0. The Morgan fingerprint density at radius 2 is 2.12 bits per heavy atom. The smallest absolute Gasteiger partial charge is 0.248 e. The lowest BCUT2D eigenvalue weighted by molar-refractivity contribution is -0.141. The molecule has 4 nitrogen and oxygen atoms in total. The Labute approximate surface area is 104 Å². The van der Waals surface area contributed by atoms with Crippen molar-refractivity contribution in [1.82, 2.24) is 10.2 Å². The minimum absolute atomic E-state index is 0.157. The highest BCUT2D eigenvalue weighted by Crippen LogP contribution is 2.20. The molecular formula is C13H24N2O2. The molecule has 1 N–H and O–H groups in total. The molecule has 1 amide bonds. The third-order valence-corrected chi connectivity index (χ3v) is 3.82. The minimum Gasteiger partial charge on any atom is -0.368 e. The number of hydrogen-bond donors (Lipinski definition) is 1. The van der Waals surface area contributed by atoms with Gasteiger partial charge in [0.05, 0.1) is 6.10 Å². The van der Waals surface area contributed by atoms with E-state index in [0.717, 1.165) is 32.5 Å². The average Bonchev–Trinajstić information content (AvgIpc) is 2.38. The van der Waals surface area contributed by atoms with Crippen LogP contribution in [0.3, 0.4) is 0 Å². The number of hydrogen-bond acceptors (Lipinski definition) is 3. The zero-order valence-corrected chi connectivity index (χ0v) is 10.8. The summed E-state index contributed by atoms with van der Waals surface area (Å²) >= 11 is 0. The molecule has 2 rings (SSSR count). The zero-order valence-electron chi connectivity index (χ0n) is 10.8. The molecule has 17 heavy (non-hydrogen) atoms. The van der Waals surface area contributed by atoms with Crippen molar-refractivity contribution in [2.45, 2.75) is 51.2 Å². The van der Waals surface area contributed by atoms with Gasteiger partial charge in [0.15, 0.2) is 0 Å². The Hall–Kier alpha value is -0.610. The number of nitrogens with zero attached hydrogens (tertiary/aromatic N) is 1. The Kier molecular flexibility index (Phi) is 4.80. The van der Waals surface area contributed by atoms with E-state index in [-0.39, 0.29) is 12.5 Å². The van der Waals surface area contributed by atoms with Crippen molar-refractivity contribution in [1.29, 1.82) is 0 Å². The molecule has 0 spiro atoms. The normalized spacial score (nSPS) is 27.1. The van der Waals surface area contributed by atoms with Crippen LogP contribution in [-0.4, -0.2) is 49.2 Å². The summed E-state index contributed by atoms with van der Waals surface area (Å²) in [6.07, 6.45) is 6.41. The third-order valence-electron chi connectivity index (χ3n) is 3.82. The molecule has 0 aromatic rings. The van der Waals surface area contributed by atoms with Gasteiger partial charge < -0.3 is 15.0 Å². The Balaban J connectivity index is 1.72. The highest BCUT2D eigenvalue weighted by molar-refractivity contribution is 5.77. The third kappa shape index (κ3) is 3.68. The SMILES string of the molecule is C[C@@H]1CNCCN1C(=O)COC1CCCCC1. The molecular weight excluding hydrogens is 216 g/mol. The van der Waals surface area contributed by atoms with Gasteiger partial charge in [-0.3, -0.25) is 4.79 Å². The summed E-state index contributed by atoms with van der Waals surface area (Å²) in [5.41, 5.74) is 0. The second-order valence-corrected chi connectivity index (χ2v) is 5.21. The molecule has 0 aromatic carbocycles. The van der Waals surface area contributed by atoms with Gasteiger partial charge in [-0.15, -0.1) is 0 Å². The van der Waals surface area contributed by atoms with E-state index in [0.29, 0.717) is 12.1 Å². The summed E-state index contributed by atoms with van der Waals surface area (Å²) in [7, 11) is 0. The van der Waals surface area contributed by atoms with Crippen molar-refractivity contribution >= 4 is 5.91 Å². The average molecular weight is 240 g/mol. The molecule has 1 saturated carbocycles. The maximum Gasteiger partial charge on any atom is 0.248 e. The van der Waals surface area contributed by atoms with Crippen molar-refractivity contribution in [3.8, 4) is 0 Å². The minimum atomic E-state index is 0.157. The summed E-state index contributed by atoms with van der Waals surface area (Å²) in [6, 6.07) is 0.297. The number of carbonyl (C=O) groups is 1. The monoisotopic (exact) mass is 240 g/mol. The molecule has 1 aliphatic heterocycles. The first-order chi connectivity index (χ1) is 8.27. The summed E-state index contributed by atoms with van der Waals surface area (Å²) in [5.74, 6) is 0.157. The molecule has 98 valence electrons. The molecule has 0 unspecified atom stereocenters. The lowest BCUT2D eigenvalue weighted by Crippen LogP contribution is -2.53. The van der Waals surface area contributed by atoms with E-state index < -0.39 is 0 Å². The van der Waals surface area contributed by atoms with Gasteiger partial charge in [0.1, 0.15) is 6.61 Å². The number of amides is 1. The van der Waals surface area contributed by atoms with Gasteiger partial charge in [0.25, 0.3) is 0 Å². The second-order valence-electron chi connectivity index (χ2n) is 5.21. The van der Waals surface area contributed by atoms with Gasteiger partial charge in [-0.05, 0) is 19.8 Å². The van der Waals surface area contributed by atoms with Gasteiger partial charge in [-0.25, -0.2) is 0 Å². The molecule has 1 aliphatic carbocycles. The van der Waals surface area contributed by atoms with Gasteiger partial charge in [-0.2, -0.15) is 0 Å². The summed E-state index contributed by atoms with van der Waals surface area (Å²) in [4.78, 5) is 14.0. The van der Waals surface area contributed by atoms with Gasteiger partial charge in [0, 0.05) is 25.7 Å². The van der Waals surface area contributed by atoms with Crippen molar-refractivity contribution in [2.24, 2.45) is 0 Å². The lowest BCUT2D eigenvalue weighted by Gasteiger charge is -2.34. The molecule has 0 radical (unpaired) electrons. The van der Waals surface area contributed by atoms with Crippen LogP contribution in [0.5, 0.6) is 0 Å². The van der Waals surface area contributed by atoms with Gasteiger partial charge >= 0.3 is 0 Å². The first kappa shape index (κ1) is 12.8. The highest BCUT2D eigenvalue weighted by Gasteiger charge is 2.24. The fourth-order valence-electron chi connectivity index (χ4n) is 2.72. The van der Waals surface area contributed by atoms with Gasteiger partial charge in [-0.1, -0.05) is 19.3 Å². The quantitative estimate of drug-likeness (QED) is 0.805. The fourth-order valence-corrected chi connectivity index (χ4v) is 2.72. The largest absolute Gasteiger partial charge is 0.368 e. The molecule has 1 atom stereocenters. The summed E-state index contributed by atoms with van der Waals surface area (Å²) in [6.45, 7) is 4.97. The van der Waals surface area contributed by atoms with E-state index >= 15 is 0 Å². The van der Waals surface area contributed by atoms with Gasteiger partial charge in [0.2, 0.25) is 5.91 Å². The predicted molar refractivity (Wildman–Crippen MR) is 66.9 cm³/mol. The van der Waals surface area contributed by atoms with E-state index in [1.807, 2.05) is 4.90 Å². The van der Waals surface area contributed by atoms with E-state index in [1.165, 1.54) is 19.3 Å². The van der Waals surface area contributed by atoms with Crippen LogP contribution in [0.2, 0.25) is 0 Å². The van der Waals surface area contributed by atoms with Crippen LogP contribution >= 0.6 is 0 Å². The van der Waals surface area contributed by atoms with Crippen LogP contribution in [0.25, 0.3) is 0 Å². The molecule has 2 fully saturated rings. The van der Waals surface area contributed by atoms with E-state index in [9.17, 15) is 4.79 Å². The number of rotatable bonds is 3. The van der Waals surface area contributed by atoms with E-state index in [2.05, 4.69) is 12.2 Å². The zero-order chi connectivity index (χ0) is 12.1. The fraction of sp³-hybridized carbons (Fsp3) is 0.923. The van der Waals surface area contributed by atoms with E-state index in [1.54, 1.807) is 0 Å². The molecule has 4 heteroatoms. The molecule has 0 bridgehead atoms. The number of nitrogens with one attached hydrogen (secondary N) is 1. The van der Waals surface area contributed by atoms with Crippen LogP contribution in [0, 0.1) is 0 Å². The van der Waals surface area contributed by atoms with Crippen LogP contribution in [0.1, 0.15) is 39.0 Å². The number of piperazine rings is 1. The molecule has 0 aromatic heterocycles. The van der Waals surface area contributed by atoms with Crippen LogP contribution in [0.4, 0.5) is 0 Å². The molecule has 1 saturated heterocycles. The standard InChI is InChI=1S/C13H24N2O2/c1-11-9-14-7-8-15(11)13(16)10-17-12-5-3-2-4-6-12/h11-12,14H,2-10H2,1H3/t11-/m1/s1. The molecule has 1 heterocycles. The van der Waals surface area contributed by atoms with Crippen molar-refractivity contribution in [2.75, 3.05) is 26.2 Å². The Morgan fingerprint density at radius 3 is 2.82 bits per heavy atom. The van der Waals surface area contributed by atoms with Crippen LogP contribution < -0.4 is 5.32 Å². The summed E-state index contributed by atoms with van der Waals surface area (Å²) in [5, 5.41) is 3.29. The van der Waals surface area contributed by atoms with Crippen molar-refractivity contribution in [3.05, 3.63) is 0 Å². The number of ether oxygens (including phenoxy) is 1. The first-order valence-corrected chi connectivity index (χ1v) is 6.89. The number of carbonyl (C=O) groups excluding carboxylic acids is 1. The predicted octanol–water partition coefficient (Wildman–Crippen LogP) is 1.16.